The van der Waals surface area contributed by atoms with E-state index in [9.17, 15) is 4.79 Å². The van der Waals surface area contributed by atoms with Gasteiger partial charge in [0, 0.05) is 28.6 Å². The zero-order valence-corrected chi connectivity index (χ0v) is 11.1. The van der Waals surface area contributed by atoms with E-state index in [1.807, 2.05) is 6.92 Å². The van der Waals surface area contributed by atoms with E-state index in [4.69, 9.17) is 0 Å². The molecular formula is C16H19NO. The van der Waals surface area contributed by atoms with Crippen molar-refractivity contribution in [2.24, 2.45) is 0 Å². The number of nitrogens with one attached hydrogen (secondary N) is 1. The number of hydrogen-bond donors (Lipinski definition) is 1. The first-order valence-electron chi connectivity index (χ1n) is 6.88. The largest absolute Gasteiger partial charge is 0.358 e. The minimum absolute atomic E-state index is 0.277. The van der Waals surface area contributed by atoms with Crippen molar-refractivity contribution in [3.05, 3.63) is 34.5 Å². The Balaban J connectivity index is 2.19. The molecule has 0 aliphatic heterocycles. The molecule has 2 heteroatoms. The van der Waals surface area contributed by atoms with E-state index in [1.165, 1.54) is 24.0 Å². The number of aryl methyl sites for hydroxylation is 3. The summed E-state index contributed by atoms with van der Waals surface area (Å²) in [7, 11) is 0. The van der Waals surface area contributed by atoms with Crippen LogP contribution >= 0.6 is 0 Å². The van der Waals surface area contributed by atoms with Gasteiger partial charge in [0.2, 0.25) is 0 Å². The molecule has 1 heterocycles. The van der Waals surface area contributed by atoms with E-state index in [-0.39, 0.29) is 5.78 Å². The highest BCUT2D eigenvalue weighted by Gasteiger charge is 2.19. The fourth-order valence-electron chi connectivity index (χ4n) is 3.11. The lowest BCUT2D eigenvalue weighted by atomic mass is 10.0. The maximum Gasteiger partial charge on any atom is 0.165 e. The van der Waals surface area contributed by atoms with Crippen molar-refractivity contribution in [3.8, 4) is 0 Å². The highest BCUT2D eigenvalue weighted by Crippen LogP contribution is 2.31. The van der Waals surface area contributed by atoms with Crippen LogP contribution in [0.2, 0.25) is 0 Å². The SMILES string of the molecule is CCCC(=O)c1c(C)[nH]c2cc3c(cc12)CCC3. The molecule has 0 atom stereocenters. The number of rotatable bonds is 3. The van der Waals surface area contributed by atoms with Crippen molar-refractivity contribution < 1.29 is 4.79 Å². The molecule has 0 radical (unpaired) electrons. The molecule has 3 rings (SSSR count). The molecule has 0 amide bonds. The predicted molar refractivity (Wildman–Crippen MR) is 74.3 cm³/mol. The molecule has 1 aliphatic rings. The minimum atomic E-state index is 0.277. The summed E-state index contributed by atoms with van der Waals surface area (Å²) >= 11 is 0. The highest BCUT2D eigenvalue weighted by atomic mass is 16.1. The Kier molecular flexibility index (Phi) is 2.73. The maximum atomic E-state index is 12.2. The van der Waals surface area contributed by atoms with Crippen LogP contribution in [0.4, 0.5) is 0 Å². The number of H-pyrrole nitrogens is 1. The second-order valence-corrected chi connectivity index (χ2v) is 5.32. The molecular weight excluding hydrogens is 222 g/mol. The first kappa shape index (κ1) is 11.5. The van der Waals surface area contributed by atoms with Crippen LogP contribution in [-0.4, -0.2) is 10.8 Å². The number of benzene rings is 1. The third-order valence-electron chi connectivity index (χ3n) is 3.95. The van der Waals surface area contributed by atoms with Crippen LogP contribution < -0.4 is 0 Å². The lowest BCUT2D eigenvalue weighted by Gasteiger charge is -2.02. The first-order chi connectivity index (χ1) is 8.70. The van der Waals surface area contributed by atoms with Gasteiger partial charge in [-0.15, -0.1) is 0 Å². The Morgan fingerprint density at radius 3 is 2.72 bits per heavy atom. The van der Waals surface area contributed by atoms with Crippen molar-refractivity contribution in [1.82, 2.24) is 4.98 Å². The van der Waals surface area contributed by atoms with Gasteiger partial charge < -0.3 is 4.98 Å². The lowest BCUT2D eigenvalue weighted by molar-refractivity contribution is 0.0983. The Morgan fingerprint density at radius 2 is 2.00 bits per heavy atom. The van der Waals surface area contributed by atoms with Crippen LogP contribution in [0, 0.1) is 6.92 Å². The molecule has 2 aromatic rings. The van der Waals surface area contributed by atoms with Crippen molar-refractivity contribution in [1.29, 1.82) is 0 Å². The van der Waals surface area contributed by atoms with Crippen LogP contribution in [0.3, 0.4) is 0 Å². The van der Waals surface area contributed by atoms with Gasteiger partial charge in [-0.3, -0.25) is 4.79 Å². The Morgan fingerprint density at radius 1 is 1.28 bits per heavy atom. The Labute approximate surface area is 107 Å². The molecule has 0 fully saturated rings. The molecule has 0 saturated carbocycles. The smallest absolute Gasteiger partial charge is 0.165 e. The fraction of sp³-hybridized carbons (Fsp3) is 0.438. The van der Waals surface area contributed by atoms with Gasteiger partial charge in [0.05, 0.1) is 0 Å². The van der Waals surface area contributed by atoms with Gasteiger partial charge in [0.25, 0.3) is 0 Å². The van der Waals surface area contributed by atoms with Crippen molar-refractivity contribution in [2.75, 3.05) is 0 Å². The zero-order chi connectivity index (χ0) is 12.7. The van der Waals surface area contributed by atoms with Gasteiger partial charge in [-0.05, 0) is 55.9 Å². The molecule has 0 spiro atoms. The summed E-state index contributed by atoms with van der Waals surface area (Å²) in [6.07, 6.45) is 5.15. The van der Waals surface area contributed by atoms with Crippen molar-refractivity contribution >= 4 is 16.7 Å². The van der Waals surface area contributed by atoms with E-state index in [2.05, 4.69) is 24.0 Å². The third-order valence-corrected chi connectivity index (χ3v) is 3.95. The standard InChI is InChI=1S/C16H19NO/c1-3-5-15(18)16-10(2)17-14-9-12-7-4-6-11(12)8-13(14)16/h8-9,17H,3-7H2,1-2H3. The molecule has 1 aromatic heterocycles. The lowest BCUT2D eigenvalue weighted by Crippen LogP contribution is -1.99. The number of fused-ring (bicyclic) bond motifs is 2. The molecule has 2 nitrogen and oxygen atoms in total. The number of carbonyl (C=O) groups is 1. The normalized spacial score (nSPS) is 14.1. The zero-order valence-electron chi connectivity index (χ0n) is 11.1. The van der Waals surface area contributed by atoms with Crippen LogP contribution in [0.15, 0.2) is 12.1 Å². The van der Waals surface area contributed by atoms with Gasteiger partial charge >= 0.3 is 0 Å². The molecule has 1 aromatic carbocycles. The highest BCUT2D eigenvalue weighted by molar-refractivity contribution is 6.09. The topological polar surface area (TPSA) is 32.9 Å². The summed E-state index contributed by atoms with van der Waals surface area (Å²) in [6.45, 7) is 4.06. The molecule has 1 aliphatic carbocycles. The molecule has 94 valence electrons. The fourth-order valence-corrected chi connectivity index (χ4v) is 3.11. The van der Waals surface area contributed by atoms with E-state index < -0.39 is 0 Å². The average molecular weight is 241 g/mol. The second-order valence-electron chi connectivity index (χ2n) is 5.32. The summed E-state index contributed by atoms with van der Waals surface area (Å²) in [6, 6.07) is 4.48. The summed E-state index contributed by atoms with van der Waals surface area (Å²) in [4.78, 5) is 15.6. The third kappa shape index (κ3) is 1.67. The molecule has 1 N–H and O–H groups in total. The van der Waals surface area contributed by atoms with Crippen LogP contribution in [0.5, 0.6) is 0 Å². The first-order valence-corrected chi connectivity index (χ1v) is 6.88. The van der Waals surface area contributed by atoms with Crippen molar-refractivity contribution in [3.63, 3.8) is 0 Å². The number of carbonyl (C=O) groups excluding carboxylic acids is 1. The monoisotopic (exact) mass is 241 g/mol. The van der Waals surface area contributed by atoms with Gasteiger partial charge in [0.1, 0.15) is 0 Å². The van der Waals surface area contributed by atoms with Crippen LogP contribution in [-0.2, 0) is 12.8 Å². The number of hydrogen-bond acceptors (Lipinski definition) is 1. The number of aromatic nitrogens is 1. The van der Waals surface area contributed by atoms with E-state index >= 15 is 0 Å². The van der Waals surface area contributed by atoms with E-state index in [0.29, 0.717) is 6.42 Å². The summed E-state index contributed by atoms with van der Waals surface area (Å²) in [5.74, 6) is 0.277. The van der Waals surface area contributed by atoms with Gasteiger partial charge in [-0.1, -0.05) is 6.92 Å². The van der Waals surface area contributed by atoms with Gasteiger partial charge in [0.15, 0.2) is 5.78 Å². The van der Waals surface area contributed by atoms with E-state index in [0.717, 1.165) is 35.0 Å². The van der Waals surface area contributed by atoms with Gasteiger partial charge in [-0.25, -0.2) is 0 Å². The average Bonchev–Trinajstić information content (AvgIpc) is 2.88. The number of aromatic amines is 1. The predicted octanol–water partition coefficient (Wildman–Crippen LogP) is 3.95. The van der Waals surface area contributed by atoms with Crippen molar-refractivity contribution in [2.45, 2.75) is 46.0 Å². The number of Topliss-reactive ketones (excluding diaryl/α,β-unsaturated/α-hetero) is 1. The summed E-state index contributed by atoms with van der Waals surface area (Å²) in [5.41, 5.74) is 5.96. The Bertz CT molecular complexity index is 622. The van der Waals surface area contributed by atoms with Crippen LogP contribution in [0.25, 0.3) is 10.9 Å². The summed E-state index contributed by atoms with van der Waals surface area (Å²) < 4.78 is 0. The molecule has 0 unspecified atom stereocenters. The molecule has 18 heavy (non-hydrogen) atoms. The second kappa shape index (κ2) is 4.27. The summed E-state index contributed by atoms with van der Waals surface area (Å²) in [5, 5.41) is 1.13. The number of ketones is 1. The molecule has 0 saturated heterocycles. The Hall–Kier alpha value is -1.57. The quantitative estimate of drug-likeness (QED) is 0.811. The maximum absolute atomic E-state index is 12.2. The molecule has 0 bridgehead atoms. The van der Waals surface area contributed by atoms with Crippen LogP contribution in [0.1, 0.15) is 53.4 Å². The van der Waals surface area contributed by atoms with Gasteiger partial charge in [-0.2, -0.15) is 0 Å². The van der Waals surface area contributed by atoms with E-state index in [1.54, 1.807) is 0 Å². The minimum Gasteiger partial charge on any atom is -0.358 e.